The van der Waals surface area contributed by atoms with Crippen LogP contribution in [-0.4, -0.2) is 15.6 Å². The minimum Gasteiger partial charge on any atom is -0.286 e. The molecule has 0 radical (unpaired) electrons. The van der Waals surface area contributed by atoms with Gasteiger partial charge < -0.3 is 0 Å². The molecule has 0 saturated carbocycles. The summed E-state index contributed by atoms with van der Waals surface area (Å²) in [5.74, 6) is -0.109. The molecule has 3 nitrogen and oxygen atoms in total. The first kappa shape index (κ1) is 14.2. The highest BCUT2D eigenvalue weighted by Crippen LogP contribution is 2.34. The number of hydrogen-bond donors (Lipinski definition) is 0. The van der Waals surface area contributed by atoms with E-state index in [1.807, 2.05) is 13.8 Å². The van der Waals surface area contributed by atoms with Crippen LogP contribution in [0.3, 0.4) is 0 Å². The number of nitrogens with zero attached hydrogens (tertiary/aromatic N) is 2. The molecular weight excluding hydrogens is 403 g/mol. The van der Waals surface area contributed by atoms with E-state index in [2.05, 4.69) is 37.0 Å². The fourth-order valence-corrected chi connectivity index (χ4v) is 3.71. The Morgan fingerprint density at radius 3 is 2.67 bits per heavy atom. The van der Waals surface area contributed by atoms with E-state index in [0.717, 1.165) is 8.26 Å². The summed E-state index contributed by atoms with van der Waals surface area (Å²) in [6.07, 6.45) is 1.51. The number of carbonyl (C=O) groups excluding carboxylic acids is 1. The molecule has 2 aromatic heterocycles. The standard InChI is InChI=1S/C11H9Br2ClN2OS/c1-5(2)16-9(7(14)4-15-16)10(17)8-3-6(12)11(13)18-8/h3-5H,1-2H3. The van der Waals surface area contributed by atoms with Gasteiger partial charge in [-0.15, -0.1) is 11.3 Å². The van der Waals surface area contributed by atoms with Gasteiger partial charge >= 0.3 is 0 Å². The first-order valence-corrected chi connectivity index (χ1v) is 7.92. The lowest BCUT2D eigenvalue weighted by atomic mass is 10.2. The van der Waals surface area contributed by atoms with Crippen molar-refractivity contribution in [2.45, 2.75) is 19.9 Å². The second-order valence-corrected chi connectivity index (χ2v) is 7.57. The molecule has 0 amide bonds. The van der Waals surface area contributed by atoms with Crippen molar-refractivity contribution in [1.29, 1.82) is 0 Å². The number of carbonyl (C=O) groups is 1. The molecular formula is C11H9Br2ClN2OS. The molecule has 0 aliphatic heterocycles. The normalized spacial score (nSPS) is 11.2. The minimum absolute atomic E-state index is 0.0864. The Balaban J connectivity index is 2.49. The SMILES string of the molecule is CC(C)n1ncc(Cl)c1C(=O)c1cc(Br)c(Br)s1. The van der Waals surface area contributed by atoms with Crippen LogP contribution in [0.25, 0.3) is 0 Å². The van der Waals surface area contributed by atoms with Crippen molar-refractivity contribution >= 4 is 60.6 Å². The molecule has 0 unspecified atom stereocenters. The lowest BCUT2D eigenvalue weighted by molar-refractivity contribution is 0.103. The molecule has 7 heteroatoms. The Bertz CT molecular complexity index is 587. The molecule has 0 atom stereocenters. The second kappa shape index (κ2) is 5.45. The number of hydrogen-bond acceptors (Lipinski definition) is 3. The van der Waals surface area contributed by atoms with Gasteiger partial charge in [0.25, 0.3) is 0 Å². The summed E-state index contributed by atoms with van der Waals surface area (Å²) in [6, 6.07) is 1.87. The molecule has 0 aromatic carbocycles. The van der Waals surface area contributed by atoms with E-state index in [4.69, 9.17) is 11.6 Å². The molecule has 0 fully saturated rings. The van der Waals surface area contributed by atoms with E-state index in [9.17, 15) is 4.79 Å². The first-order chi connectivity index (χ1) is 8.41. The Labute approximate surface area is 130 Å². The van der Waals surface area contributed by atoms with Crippen LogP contribution in [0.2, 0.25) is 5.02 Å². The van der Waals surface area contributed by atoms with Crippen LogP contribution in [0.15, 0.2) is 20.5 Å². The van der Waals surface area contributed by atoms with Crippen LogP contribution in [0, 0.1) is 0 Å². The van der Waals surface area contributed by atoms with Gasteiger partial charge in [-0.25, -0.2) is 0 Å². The minimum atomic E-state index is -0.109. The molecule has 2 heterocycles. The fraction of sp³-hybridized carbons (Fsp3) is 0.273. The first-order valence-electron chi connectivity index (χ1n) is 5.14. The largest absolute Gasteiger partial charge is 0.286 e. The lowest BCUT2D eigenvalue weighted by Crippen LogP contribution is -2.13. The third kappa shape index (κ3) is 2.57. The maximum atomic E-state index is 12.4. The Kier molecular flexibility index (Phi) is 4.31. The van der Waals surface area contributed by atoms with Gasteiger partial charge in [0.1, 0.15) is 5.69 Å². The van der Waals surface area contributed by atoms with Crippen molar-refractivity contribution in [3.8, 4) is 0 Å². The third-order valence-corrected chi connectivity index (χ3v) is 5.86. The zero-order valence-corrected chi connectivity index (χ0v) is 14.3. The van der Waals surface area contributed by atoms with E-state index in [1.165, 1.54) is 17.5 Å². The predicted molar refractivity (Wildman–Crippen MR) is 80.8 cm³/mol. The highest BCUT2D eigenvalue weighted by atomic mass is 79.9. The quantitative estimate of drug-likeness (QED) is 0.670. The molecule has 2 rings (SSSR count). The average molecular weight is 413 g/mol. The van der Waals surface area contributed by atoms with Crippen LogP contribution in [0.4, 0.5) is 0 Å². The highest BCUT2D eigenvalue weighted by molar-refractivity contribution is 9.13. The van der Waals surface area contributed by atoms with Gasteiger partial charge in [-0.3, -0.25) is 9.48 Å². The zero-order chi connectivity index (χ0) is 13.4. The molecule has 96 valence electrons. The summed E-state index contributed by atoms with van der Waals surface area (Å²) in [6.45, 7) is 3.92. The molecule has 0 saturated heterocycles. The van der Waals surface area contributed by atoms with Gasteiger partial charge in [0.15, 0.2) is 0 Å². The van der Waals surface area contributed by atoms with E-state index >= 15 is 0 Å². The molecule has 0 spiro atoms. The Hall–Kier alpha value is -0.170. The van der Waals surface area contributed by atoms with Gasteiger partial charge in [0, 0.05) is 10.5 Å². The van der Waals surface area contributed by atoms with Crippen molar-refractivity contribution < 1.29 is 4.79 Å². The van der Waals surface area contributed by atoms with Crippen LogP contribution in [0.1, 0.15) is 35.3 Å². The number of aromatic nitrogens is 2. The summed E-state index contributed by atoms with van der Waals surface area (Å²) in [5, 5.41) is 4.52. The van der Waals surface area contributed by atoms with Gasteiger partial charge in [0.05, 0.1) is 19.9 Å². The number of halogens is 3. The number of rotatable bonds is 3. The molecule has 0 N–H and O–H groups in total. The molecule has 0 bridgehead atoms. The Morgan fingerprint density at radius 2 is 2.17 bits per heavy atom. The lowest BCUT2D eigenvalue weighted by Gasteiger charge is -2.09. The topological polar surface area (TPSA) is 34.9 Å². The monoisotopic (exact) mass is 410 g/mol. The van der Waals surface area contributed by atoms with Crippen molar-refractivity contribution in [3.63, 3.8) is 0 Å². The number of thiophene rings is 1. The van der Waals surface area contributed by atoms with E-state index in [1.54, 1.807) is 10.7 Å². The van der Waals surface area contributed by atoms with Gasteiger partial charge in [-0.1, -0.05) is 11.6 Å². The zero-order valence-electron chi connectivity index (χ0n) is 9.58. The fourth-order valence-electron chi connectivity index (χ4n) is 1.52. The van der Waals surface area contributed by atoms with Gasteiger partial charge in [-0.05, 0) is 51.8 Å². The van der Waals surface area contributed by atoms with Crippen LogP contribution < -0.4 is 0 Å². The summed E-state index contributed by atoms with van der Waals surface area (Å²) < 4.78 is 3.40. The number of ketones is 1. The van der Waals surface area contributed by atoms with Crippen molar-refractivity contribution in [2.24, 2.45) is 0 Å². The third-order valence-electron chi connectivity index (χ3n) is 2.32. The summed E-state index contributed by atoms with van der Waals surface area (Å²) in [4.78, 5) is 13.1. The van der Waals surface area contributed by atoms with E-state index in [-0.39, 0.29) is 11.8 Å². The predicted octanol–water partition coefficient (Wildman–Crippen LogP) is 4.93. The van der Waals surface area contributed by atoms with Gasteiger partial charge in [-0.2, -0.15) is 5.10 Å². The van der Waals surface area contributed by atoms with E-state index in [0.29, 0.717) is 15.6 Å². The molecule has 18 heavy (non-hydrogen) atoms. The van der Waals surface area contributed by atoms with Gasteiger partial charge in [0.2, 0.25) is 5.78 Å². The molecule has 0 aliphatic rings. The smallest absolute Gasteiger partial charge is 0.222 e. The van der Waals surface area contributed by atoms with Crippen molar-refractivity contribution in [2.75, 3.05) is 0 Å². The Morgan fingerprint density at radius 1 is 1.50 bits per heavy atom. The van der Waals surface area contributed by atoms with Crippen LogP contribution >= 0.6 is 54.8 Å². The average Bonchev–Trinajstić information content (AvgIpc) is 2.83. The molecule has 2 aromatic rings. The summed E-state index contributed by atoms with van der Waals surface area (Å²) in [7, 11) is 0. The summed E-state index contributed by atoms with van der Waals surface area (Å²) in [5.41, 5.74) is 0.438. The maximum Gasteiger partial charge on any atom is 0.222 e. The van der Waals surface area contributed by atoms with Crippen LogP contribution in [0.5, 0.6) is 0 Å². The highest BCUT2D eigenvalue weighted by Gasteiger charge is 2.22. The maximum absolute atomic E-state index is 12.4. The van der Waals surface area contributed by atoms with E-state index < -0.39 is 0 Å². The van der Waals surface area contributed by atoms with Crippen LogP contribution in [-0.2, 0) is 0 Å². The second-order valence-electron chi connectivity index (χ2n) is 3.94. The molecule has 0 aliphatic carbocycles. The van der Waals surface area contributed by atoms with Crippen molar-refractivity contribution in [1.82, 2.24) is 9.78 Å². The van der Waals surface area contributed by atoms with Crippen molar-refractivity contribution in [3.05, 3.63) is 36.1 Å². The summed E-state index contributed by atoms with van der Waals surface area (Å²) >= 11 is 14.2.